The number of benzene rings is 3. The van der Waals surface area contributed by atoms with Crippen molar-refractivity contribution in [2.24, 2.45) is 5.92 Å². The molecule has 3 N–H and O–H groups in total. The van der Waals surface area contributed by atoms with Gasteiger partial charge in [-0.1, -0.05) is 50.8 Å². The van der Waals surface area contributed by atoms with Gasteiger partial charge in [0.1, 0.15) is 23.2 Å². The summed E-state index contributed by atoms with van der Waals surface area (Å²) in [4.78, 5) is 19.4. The average Bonchev–Trinajstić information content (AvgIpc) is 2.98. The van der Waals surface area contributed by atoms with Gasteiger partial charge in [-0.3, -0.25) is 9.36 Å². The summed E-state index contributed by atoms with van der Waals surface area (Å²) in [6.45, 7) is 9.93. The highest BCUT2D eigenvalue weighted by Crippen LogP contribution is 2.36. The van der Waals surface area contributed by atoms with Gasteiger partial charge in [0, 0.05) is 17.7 Å². The van der Waals surface area contributed by atoms with Crippen LogP contribution < -0.4 is 10.9 Å². The Morgan fingerprint density at radius 2 is 1.76 bits per heavy atom. The Balaban J connectivity index is 2.09. The third-order valence-corrected chi connectivity index (χ3v) is 7.67. The summed E-state index contributed by atoms with van der Waals surface area (Å²) >= 11 is 0. The van der Waals surface area contributed by atoms with E-state index in [0.29, 0.717) is 11.1 Å². The van der Waals surface area contributed by atoms with Crippen LogP contribution in [0.1, 0.15) is 56.1 Å². The number of hydrogen-bond donors (Lipinski definition) is 3. The maximum atomic E-state index is 14.5. The highest BCUT2D eigenvalue weighted by atomic mass is 19.3. The smallest absolute Gasteiger partial charge is 0.266 e. The highest BCUT2D eigenvalue weighted by Gasteiger charge is 2.28. The van der Waals surface area contributed by atoms with Crippen LogP contribution in [0.3, 0.4) is 0 Å². The minimum absolute atomic E-state index is 0.0407. The van der Waals surface area contributed by atoms with Gasteiger partial charge in [-0.2, -0.15) is 0 Å². The number of hydrogen-bond acceptors (Lipinski definition) is 5. The lowest BCUT2D eigenvalue weighted by atomic mass is 9.87. The quantitative estimate of drug-likeness (QED) is 0.0829. The second kappa shape index (κ2) is 14.4. The van der Waals surface area contributed by atoms with Crippen molar-refractivity contribution in [3.05, 3.63) is 124 Å². The average molecular weight is 633 g/mol. The molecule has 240 valence electrons. The van der Waals surface area contributed by atoms with Crippen molar-refractivity contribution >= 4 is 27.9 Å². The van der Waals surface area contributed by atoms with E-state index in [2.05, 4.69) is 11.9 Å². The van der Waals surface area contributed by atoms with Gasteiger partial charge >= 0.3 is 0 Å². The number of allylic oxidation sites excluding steroid dienone is 5. The first-order valence-corrected chi connectivity index (χ1v) is 14.7. The summed E-state index contributed by atoms with van der Waals surface area (Å²) in [5.41, 5.74) is 1.78. The number of alkyl halides is 2. The minimum Gasteiger partial charge on any atom is -0.507 e. The molecule has 0 aliphatic heterocycles. The molecule has 0 amide bonds. The third-order valence-electron chi connectivity index (χ3n) is 7.67. The van der Waals surface area contributed by atoms with E-state index in [-0.39, 0.29) is 51.9 Å². The molecule has 46 heavy (non-hydrogen) atoms. The SMILES string of the molecule is C=C/C=C\C=C(/C)c1ccc2c(=O)n(-c3ccc(O)c(C(C)=N)c3NCC(F)F)c(C(Cc3cc(F)cc(F)c3)C(C)C)nc2c1. The van der Waals surface area contributed by atoms with Crippen LogP contribution in [0.2, 0.25) is 0 Å². The Hall–Kier alpha value is -4.99. The van der Waals surface area contributed by atoms with Gasteiger partial charge in [-0.15, -0.1) is 0 Å². The number of fused-ring (bicyclic) bond motifs is 1. The van der Waals surface area contributed by atoms with E-state index < -0.39 is 36.1 Å². The van der Waals surface area contributed by atoms with E-state index in [9.17, 15) is 27.5 Å². The fraction of sp³-hybridized carbons (Fsp3) is 0.250. The summed E-state index contributed by atoms with van der Waals surface area (Å²) in [7, 11) is 0. The van der Waals surface area contributed by atoms with Crippen LogP contribution in [-0.2, 0) is 6.42 Å². The Morgan fingerprint density at radius 3 is 2.37 bits per heavy atom. The van der Waals surface area contributed by atoms with Crippen LogP contribution in [0.4, 0.5) is 23.2 Å². The Labute approximate surface area is 264 Å². The van der Waals surface area contributed by atoms with Crippen molar-refractivity contribution < 1.29 is 22.7 Å². The molecule has 0 saturated carbocycles. The Morgan fingerprint density at radius 1 is 1.07 bits per heavy atom. The van der Waals surface area contributed by atoms with Crippen molar-refractivity contribution in [2.45, 2.75) is 46.5 Å². The maximum Gasteiger partial charge on any atom is 0.266 e. The minimum atomic E-state index is -2.78. The lowest BCUT2D eigenvalue weighted by molar-refractivity contribution is 0.163. The summed E-state index contributed by atoms with van der Waals surface area (Å²) in [5, 5.41) is 21.8. The van der Waals surface area contributed by atoms with Crippen molar-refractivity contribution in [2.75, 3.05) is 11.9 Å². The van der Waals surface area contributed by atoms with Crippen molar-refractivity contribution in [3.8, 4) is 11.4 Å². The van der Waals surface area contributed by atoms with Gasteiger partial charge in [0.25, 0.3) is 12.0 Å². The van der Waals surface area contributed by atoms with Crippen LogP contribution in [0.25, 0.3) is 22.2 Å². The number of nitrogens with zero attached hydrogens (tertiary/aromatic N) is 2. The van der Waals surface area contributed by atoms with E-state index in [1.807, 2.05) is 32.9 Å². The zero-order valence-corrected chi connectivity index (χ0v) is 26.0. The summed E-state index contributed by atoms with van der Waals surface area (Å²) in [6.07, 6.45) is 4.47. The van der Waals surface area contributed by atoms with Crippen LogP contribution in [0.15, 0.2) is 84.2 Å². The van der Waals surface area contributed by atoms with E-state index >= 15 is 0 Å². The van der Waals surface area contributed by atoms with Crippen LogP contribution >= 0.6 is 0 Å². The molecule has 4 rings (SSSR count). The fourth-order valence-corrected chi connectivity index (χ4v) is 5.42. The molecule has 0 aliphatic carbocycles. The highest BCUT2D eigenvalue weighted by molar-refractivity contribution is 6.05. The Kier molecular flexibility index (Phi) is 10.6. The van der Waals surface area contributed by atoms with Gasteiger partial charge in [-0.05, 0) is 79.3 Å². The van der Waals surface area contributed by atoms with Crippen LogP contribution in [0, 0.1) is 23.0 Å². The molecule has 1 heterocycles. The predicted molar refractivity (Wildman–Crippen MR) is 177 cm³/mol. The molecule has 0 spiro atoms. The molecule has 1 aromatic heterocycles. The molecule has 4 aromatic rings. The molecular formula is C36H36F4N4O2. The molecule has 0 fully saturated rings. The molecule has 10 heteroatoms. The lowest BCUT2D eigenvalue weighted by Crippen LogP contribution is -2.29. The van der Waals surface area contributed by atoms with Gasteiger partial charge in [0.2, 0.25) is 0 Å². The van der Waals surface area contributed by atoms with E-state index in [4.69, 9.17) is 10.4 Å². The number of phenolic OH excluding ortho intramolecular Hbond substituents is 1. The third kappa shape index (κ3) is 7.44. The molecule has 3 aromatic carbocycles. The standard InChI is InChI=1S/C36H36F4N4O2/c1-6-7-8-9-21(4)24-10-11-27-29(17-24)43-35(28(20(2)3)16-23-14-25(37)18-26(38)15-23)44(36(27)46)30-12-13-31(45)33(22(5)41)34(30)42-19-32(39)40/h6-15,17-18,20,28,32,41-42,45H,1,16,19H2,2-5H3/b8-7-,21-9+,41-22?. The normalized spacial score (nSPS) is 12.8. The predicted octanol–water partition coefficient (Wildman–Crippen LogP) is 8.56. The fourth-order valence-electron chi connectivity index (χ4n) is 5.42. The molecule has 0 aliphatic rings. The van der Waals surface area contributed by atoms with E-state index in [1.54, 1.807) is 30.4 Å². The molecule has 1 atom stereocenters. The maximum absolute atomic E-state index is 14.5. The first-order chi connectivity index (χ1) is 21.8. The number of nitrogens with one attached hydrogen (secondary N) is 2. The number of aromatic hydroxyl groups is 1. The van der Waals surface area contributed by atoms with Crippen LogP contribution in [-0.4, -0.2) is 33.3 Å². The summed E-state index contributed by atoms with van der Waals surface area (Å²) in [5.74, 6) is -2.40. The molecule has 0 bridgehead atoms. The van der Waals surface area contributed by atoms with Gasteiger partial charge in [0.05, 0.1) is 34.4 Å². The molecule has 0 radical (unpaired) electrons. The monoisotopic (exact) mass is 632 g/mol. The van der Waals surface area contributed by atoms with Crippen LogP contribution in [0.5, 0.6) is 5.75 Å². The lowest BCUT2D eigenvalue weighted by Gasteiger charge is -2.27. The van der Waals surface area contributed by atoms with Gasteiger partial charge in [0.15, 0.2) is 0 Å². The number of phenols is 1. The van der Waals surface area contributed by atoms with E-state index in [1.165, 1.54) is 35.8 Å². The van der Waals surface area contributed by atoms with E-state index in [0.717, 1.165) is 17.2 Å². The van der Waals surface area contributed by atoms with Gasteiger partial charge < -0.3 is 15.8 Å². The summed E-state index contributed by atoms with van der Waals surface area (Å²) < 4.78 is 56.7. The first-order valence-electron chi connectivity index (χ1n) is 14.7. The van der Waals surface area contributed by atoms with Crippen molar-refractivity contribution in [1.29, 1.82) is 5.41 Å². The topological polar surface area (TPSA) is 91.0 Å². The number of aromatic nitrogens is 2. The zero-order chi connectivity index (χ0) is 33.7. The van der Waals surface area contributed by atoms with Crippen molar-refractivity contribution in [3.63, 3.8) is 0 Å². The second-order valence-corrected chi connectivity index (χ2v) is 11.4. The molecule has 1 unspecified atom stereocenters. The number of halogens is 4. The summed E-state index contributed by atoms with van der Waals surface area (Å²) in [6, 6.07) is 11.1. The number of rotatable bonds is 12. The molecular weight excluding hydrogens is 596 g/mol. The first kappa shape index (κ1) is 33.9. The molecule has 0 saturated heterocycles. The number of anilines is 1. The molecule has 6 nitrogen and oxygen atoms in total. The Bertz CT molecular complexity index is 1890. The largest absolute Gasteiger partial charge is 0.507 e. The second-order valence-electron chi connectivity index (χ2n) is 11.4. The van der Waals surface area contributed by atoms with Gasteiger partial charge in [-0.25, -0.2) is 22.5 Å². The van der Waals surface area contributed by atoms with Crippen molar-refractivity contribution in [1.82, 2.24) is 9.55 Å². The zero-order valence-electron chi connectivity index (χ0n) is 26.0.